The zero-order valence-corrected chi connectivity index (χ0v) is 13.3. The van der Waals surface area contributed by atoms with Gasteiger partial charge in [0.25, 0.3) is 11.6 Å². The summed E-state index contributed by atoms with van der Waals surface area (Å²) in [7, 11) is 0. The molecule has 0 aliphatic heterocycles. The van der Waals surface area contributed by atoms with Gasteiger partial charge in [-0.15, -0.1) is 0 Å². The van der Waals surface area contributed by atoms with Crippen LogP contribution < -0.4 is 10.6 Å². The lowest BCUT2D eigenvalue weighted by Gasteiger charge is -2.15. The van der Waals surface area contributed by atoms with Crippen LogP contribution in [0.2, 0.25) is 0 Å². The van der Waals surface area contributed by atoms with Crippen molar-refractivity contribution in [3.05, 3.63) is 33.9 Å². The van der Waals surface area contributed by atoms with Crippen LogP contribution in [0.15, 0.2) is 18.2 Å². The molecule has 1 amide bonds. The van der Waals surface area contributed by atoms with Crippen molar-refractivity contribution < 1.29 is 9.72 Å². The molecule has 1 rings (SSSR count). The van der Waals surface area contributed by atoms with Gasteiger partial charge in [0.05, 0.1) is 10.5 Å². The van der Waals surface area contributed by atoms with Crippen molar-refractivity contribution in [1.82, 2.24) is 5.32 Å². The second-order valence-electron chi connectivity index (χ2n) is 4.52. The number of hydrogen-bond acceptors (Lipinski definition) is 5. The Labute approximate surface area is 128 Å². The first kappa shape index (κ1) is 17.3. The molecule has 0 bridgehead atoms. The van der Waals surface area contributed by atoms with E-state index in [9.17, 15) is 14.9 Å². The SMILES string of the molecule is CCNc1c(C(=O)NC(C)CSCC)cccc1[N+](=O)[O-]. The normalized spacial score (nSPS) is 11.8. The van der Waals surface area contributed by atoms with E-state index in [-0.39, 0.29) is 23.3 Å². The number of anilines is 1. The fourth-order valence-corrected chi connectivity index (χ4v) is 2.55. The number of carbonyl (C=O) groups excluding carboxylic acids is 1. The monoisotopic (exact) mass is 311 g/mol. The van der Waals surface area contributed by atoms with Gasteiger partial charge in [-0.3, -0.25) is 14.9 Å². The van der Waals surface area contributed by atoms with Gasteiger partial charge >= 0.3 is 0 Å². The summed E-state index contributed by atoms with van der Waals surface area (Å²) >= 11 is 1.74. The van der Waals surface area contributed by atoms with Crippen LogP contribution >= 0.6 is 11.8 Å². The number of nitro benzene ring substituents is 1. The van der Waals surface area contributed by atoms with Gasteiger partial charge in [-0.1, -0.05) is 13.0 Å². The summed E-state index contributed by atoms with van der Waals surface area (Å²) in [5.41, 5.74) is 0.498. The van der Waals surface area contributed by atoms with E-state index in [1.165, 1.54) is 12.1 Å². The fourth-order valence-electron chi connectivity index (χ4n) is 1.88. The molecule has 0 spiro atoms. The standard InChI is InChI=1S/C14H21N3O3S/c1-4-15-13-11(7-6-8-12(13)17(19)20)14(18)16-10(3)9-21-5-2/h6-8,10,15H,4-5,9H2,1-3H3,(H,16,18). The van der Waals surface area contributed by atoms with Crippen molar-refractivity contribution in [1.29, 1.82) is 0 Å². The summed E-state index contributed by atoms with van der Waals surface area (Å²) in [6, 6.07) is 4.53. The van der Waals surface area contributed by atoms with Crippen LogP contribution in [0.3, 0.4) is 0 Å². The number of rotatable bonds is 8. The van der Waals surface area contributed by atoms with Gasteiger partial charge < -0.3 is 10.6 Å². The zero-order chi connectivity index (χ0) is 15.8. The molecule has 7 heteroatoms. The highest BCUT2D eigenvalue weighted by atomic mass is 32.2. The number of amides is 1. The summed E-state index contributed by atoms with van der Waals surface area (Å²) in [4.78, 5) is 22.9. The van der Waals surface area contributed by atoms with Crippen molar-refractivity contribution in [3.8, 4) is 0 Å². The first-order valence-corrected chi connectivity index (χ1v) is 8.06. The van der Waals surface area contributed by atoms with E-state index in [4.69, 9.17) is 0 Å². The molecule has 1 aromatic carbocycles. The van der Waals surface area contributed by atoms with E-state index in [1.807, 2.05) is 13.8 Å². The molecule has 0 aliphatic rings. The number of nitro groups is 1. The highest BCUT2D eigenvalue weighted by Gasteiger charge is 2.21. The summed E-state index contributed by atoms with van der Waals surface area (Å²) in [6.07, 6.45) is 0. The van der Waals surface area contributed by atoms with Gasteiger partial charge in [-0.05, 0) is 25.7 Å². The van der Waals surface area contributed by atoms with Crippen molar-refractivity contribution in [2.24, 2.45) is 0 Å². The van der Waals surface area contributed by atoms with Crippen molar-refractivity contribution >= 4 is 29.0 Å². The molecule has 6 nitrogen and oxygen atoms in total. The predicted molar refractivity (Wildman–Crippen MR) is 87.2 cm³/mol. The number of benzene rings is 1. The predicted octanol–water partition coefficient (Wildman–Crippen LogP) is 2.90. The molecule has 1 unspecified atom stereocenters. The number of nitrogens with zero attached hydrogens (tertiary/aromatic N) is 1. The molecule has 116 valence electrons. The number of carbonyl (C=O) groups is 1. The second kappa shape index (κ2) is 8.51. The minimum atomic E-state index is -0.481. The Morgan fingerprint density at radius 3 is 2.71 bits per heavy atom. The van der Waals surface area contributed by atoms with Crippen LogP contribution in [-0.2, 0) is 0 Å². The first-order valence-electron chi connectivity index (χ1n) is 6.91. The van der Waals surface area contributed by atoms with Gasteiger partial charge in [0.1, 0.15) is 5.69 Å². The summed E-state index contributed by atoms with van der Waals surface area (Å²) < 4.78 is 0. The number of thioether (sulfide) groups is 1. The molecule has 0 aromatic heterocycles. The van der Waals surface area contributed by atoms with Gasteiger partial charge in [0.15, 0.2) is 0 Å². The first-order chi connectivity index (χ1) is 10.0. The average Bonchev–Trinajstić information content (AvgIpc) is 2.45. The third-order valence-electron chi connectivity index (χ3n) is 2.79. The Kier molecular flexibility index (Phi) is 7.01. The Hall–Kier alpha value is -1.76. The molecule has 0 radical (unpaired) electrons. The smallest absolute Gasteiger partial charge is 0.293 e. The maximum absolute atomic E-state index is 12.3. The number of hydrogen-bond donors (Lipinski definition) is 2. The third kappa shape index (κ3) is 4.93. The summed E-state index contributed by atoms with van der Waals surface area (Å²) in [5.74, 6) is 1.51. The van der Waals surface area contributed by atoms with Crippen molar-refractivity contribution in [2.75, 3.05) is 23.4 Å². The minimum absolute atomic E-state index is 0.0104. The topological polar surface area (TPSA) is 84.3 Å². The largest absolute Gasteiger partial charge is 0.379 e. The van der Waals surface area contributed by atoms with Crippen LogP contribution in [0.1, 0.15) is 31.1 Å². The maximum Gasteiger partial charge on any atom is 0.293 e. The lowest BCUT2D eigenvalue weighted by atomic mass is 10.1. The molecule has 1 atom stereocenters. The zero-order valence-electron chi connectivity index (χ0n) is 12.5. The highest BCUT2D eigenvalue weighted by Crippen LogP contribution is 2.28. The van der Waals surface area contributed by atoms with E-state index < -0.39 is 4.92 Å². The van der Waals surface area contributed by atoms with Gasteiger partial charge in [-0.2, -0.15) is 11.8 Å². The van der Waals surface area contributed by atoms with Gasteiger partial charge in [-0.25, -0.2) is 0 Å². The lowest BCUT2D eigenvalue weighted by Crippen LogP contribution is -2.34. The molecule has 0 aliphatic carbocycles. The number of nitrogens with one attached hydrogen (secondary N) is 2. The Morgan fingerprint density at radius 1 is 1.43 bits per heavy atom. The molecule has 2 N–H and O–H groups in total. The van der Waals surface area contributed by atoms with Crippen LogP contribution in [0.25, 0.3) is 0 Å². The maximum atomic E-state index is 12.3. The molecule has 1 aromatic rings. The Morgan fingerprint density at radius 2 is 2.14 bits per heavy atom. The summed E-state index contributed by atoms with van der Waals surface area (Å²) in [6.45, 7) is 6.32. The molecule has 0 saturated carbocycles. The van der Waals surface area contributed by atoms with E-state index in [1.54, 1.807) is 17.8 Å². The molecular weight excluding hydrogens is 290 g/mol. The van der Waals surface area contributed by atoms with Crippen LogP contribution in [0, 0.1) is 10.1 Å². The van der Waals surface area contributed by atoms with Gasteiger partial charge in [0, 0.05) is 24.4 Å². The Bertz CT molecular complexity index is 508. The second-order valence-corrected chi connectivity index (χ2v) is 5.84. The van der Waals surface area contributed by atoms with Crippen molar-refractivity contribution in [3.63, 3.8) is 0 Å². The Balaban J connectivity index is 2.97. The van der Waals surface area contributed by atoms with E-state index >= 15 is 0 Å². The van der Waals surface area contributed by atoms with Crippen LogP contribution in [0.5, 0.6) is 0 Å². The van der Waals surface area contributed by atoms with E-state index in [0.717, 1.165) is 11.5 Å². The quantitative estimate of drug-likeness (QED) is 0.569. The third-order valence-corrected chi connectivity index (χ3v) is 3.93. The molecule has 0 saturated heterocycles. The summed E-state index contributed by atoms with van der Waals surface area (Å²) in [5, 5.41) is 16.9. The lowest BCUT2D eigenvalue weighted by molar-refractivity contribution is -0.384. The molecule has 21 heavy (non-hydrogen) atoms. The number of para-hydroxylation sites is 1. The minimum Gasteiger partial charge on any atom is -0.379 e. The van der Waals surface area contributed by atoms with E-state index in [2.05, 4.69) is 17.6 Å². The average molecular weight is 311 g/mol. The van der Waals surface area contributed by atoms with Crippen LogP contribution in [0.4, 0.5) is 11.4 Å². The van der Waals surface area contributed by atoms with Crippen molar-refractivity contribution in [2.45, 2.75) is 26.8 Å². The molecule has 0 fully saturated rings. The fraction of sp³-hybridized carbons (Fsp3) is 0.500. The van der Waals surface area contributed by atoms with E-state index in [0.29, 0.717) is 12.1 Å². The van der Waals surface area contributed by atoms with Crippen LogP contribution in [-0.4, -0.2) is 34.9 Å². The molecule has 0 heterocycles. The van der Waals surface area contributed by atoms with Gasteiger partial charge in [0.2, 0.25) is 0 Å². The highest BCUT2D eigenvalue weighted by molar-refractivity contribution is 7.99. The molecular formula is C14H21N3O3S.